The van der Waals surface area contributed by atoms with E-state index in [1.54, 1.807) is 22.0 Å². The van der Waals surface area contributed by atoms with Crippen molar-refractivity contribution in [1.29, 1.82) is 0 Å². The number of hydrogen-bond donors (Lipinski definition) is 1. The number of nitrogens with zero attached hydrogens (tertiary/aromatic N) is 3. The lowest BCUT2D eigenvalue weighted by molar-refractivity contribution is -0.156. The van der Waals surface area contributed by atoms with E-state index in [0.717, 1.165) is 5.56 Å². The highest BCUT2D eigenvalue weighted by atomic mass is 16.5. The Kier molecular flexibility index (Phi) is 10.0. The van der Waals surface area contributed by atoms with Gasteiger partial charge in [-0.2, -0.15) is 0 Å². The van der Waals surface area contributed by atoms with Gasteiger partial charge in [-0.15, -0.1) is 13.2 Å². The number of carbonyl (C=O) groups is 3. The van der Waals surface area contributed by atoms with Gasteiger partial charge in [-0.25, -0.2) is 0 Å². The summed E-state index contributed by atoms with van der Waals surface area (Å²) in [6, 6.07) is 24.2. The van der Waals surface area contributed by atoms with E-state index < -0.39 is 41.7 Å². The van der Waals surface area contributed by atoms with Crippen LogP contribution in [0.5, 0.6) is 5.75 Å². The number of ether oxygens (including phenoxy) is 2. The Labute approximate surface area is 294 Å². The van der Waals surface area contributed by atoms with Gasteiger partial charge in [0.1, 0.15) is 17.4 Å². The zero-order chi connectivity index (χ0) is 35.6. The second-order valence-corrected chi connectivity index (χ2v) is 13.7. The van der Waals surface area contributed by atoms with Crippen molar-refractivity contribution in [3.8, 4) is 5.75 Å². The molecule has 3 unspecified atom stereocenters. The SMILES string of the molecule is C=CCN(Cc1ccccc1)C(=O)C1N([C@H](CO)c2ccccc2)C(=O)[C@@H]2[C@H](C(=O)N(CC=C)c3ccc(OCC)cc3)[C@@]3(C)OC12CC3C. The second kappa shape index (κ2) is 14.2. The van der Waals surface area contributed by atoms with Gasteiger partial charge in [0.2, 0.25) is 17.7 Å². The van der Waals surface area contributed by atoms with Crippen LogP contribution in [0.1, 0.15) is 44.4 Å². The van der Waals surface area contributed by atoms with Gasteiger partial charge in [0.15, 0.2) is 0 Å². The van der Waals surface area contributed by atoms with E-state index in [0.29, 0.717) is 36.6 Å². The summed E-state index contributed by atoms with van der Waals surface area (Å²) in [7, 11) is 0. The zero-order valence-corrected chi connectivity index (χ0v) is 29.1. The molecule has 3 aliphatic heterocycles. The number of rotatable bonds is 14. The first-order chi connectivity index (χ1) is 24.1. The van der Waals surface area contributed by atoms with Crippen LogP contribution in [0.3, 0.4) is 0 Å². The van der Waals surface area contributed by atoms with Crippen molar-refractivity contribution in [2.24, 2.45) is 17.8 Å². The van der Waals surface area contributed by atoms with Crippen molar-refractivity contribution in [1.82, 2.24) is 9.80 Å². The Morgan fingerprint density at radius 3 is 2.24 bits per heavy atom. The fourth-order valence-corrected chi connectivity index (χ4v) is 8.57. The predicted molar refractivity (Wildman–Crippen MR) is 192 cm³/mol. The minimum absolute atomic E-state index is 0.159. The van der Waals surface area contributed by atoms with E-state index in [4.69, 9.17) is 9.47 Å². The molecular formula is C41H47N3O6. The Morgan fingerprint density at radius 2 is 1.64 bits per heavy atom. The second-order valence-electron chi connectivity index (χ2n) is 13.7. The third-order valence-electron chi connectivity index (χ3n) is 10.9. The highest BCUT2D eigenvalue weighted by Gasteiger charge is 2.80. The van der Waals surface area contributed by atoms with Gasteiger partial charge in [0, 0.05) is 25.3 Å². The van der Waals surface area contributed by atoms with Crippen LogP contribution in [-0.4, -0.2) is 76.2 Å². The van der Waals surface area contributed by atoms with Gasteiger partial charge in [-0.3, -0.25) is 14.4 Å². The summed E-state index contributed by atoms with van der Waals surface area (Å²) < 4.78 is 12.7. The molecule has 50 heavy (non-hydrogen) atoms. The molecule has 262 valence electrons. The molecule has 0 aromatic heterocycles. The molecule has 9 nitrogen and oxygen atoms in total. The van der Waals surface area contributed by atoms with E-state index in [9.17, 15) is 9.90 Å². The van der Waals surface area contributed by atoms with Gasteiger partial charge in [-0.05, 0) is 61.6 Å². The van der Waals surface area contributed by atoms with Crippen molar-refractivity contribution in [3.05, 3.63) is 121 Å². The van der Waals surface area contributed by atoms with E-state index in [-0.39, 0.29) is 36.7 Å². The number of likely N-dealkylation sites (tertiary alicyclic amines) is 1. The highest BCUT2D eigenvalue weighted by Crippen LogP contribution is 2.66. The van der Waals surface area contributed by atoms with Crippen LogP contribution >= 0.6 is 0 Å². The number of aliphatic hydroxyl groups is 1. The maximum atomic E-state index is 15.1. The monoisotopic (exact) mass is 677 g/mol. The van der Waals surface area contributed by atoms with E-state index in [1.165, 1.54) is 4.90 Å². The summed E-state index contributed by atoms with van der Waals surface area (Å²) >= 11 is 0. The first-order valence-corrected chi connectivity index (χ1v) is 17.4. The highest BCUT2D eigenvalue weighted by molar-refractivity contribution is 6.03. The van der Waals surface area contributed by atoms with Crippen LogP contribution in [0.4, 0.5) is 5.69 Å². The number of carbonyl (C=O) groups excluding carboxylic acids is 3. The number of aliphatic hydroxyl groups excluding tert-OH is 1. The summed E-state index contributed by atoms with van der Waals surface area (Å²) in [4.78, 5) is 50.1. The Morgan fingerprint density at radius 1 is 1.00 bits per heavy atom. The van der Waals surface area contributed by atoms with E-state index in [2.05, 4.69) is 13.2 Å². The van der Waals surface area contributed by atoms with Gasteiger partial charge < -0.3 is 29.3 Å². The molecule has 3 aromatic carbocycles. The average molecular weight is 678 g/mol. The molecule has 3 heterocycles. The third-order valence-corrected chi connectivity index (χ3v) is 10.9. The number of anilines is 1. The number of amides is 3. The van der Waals surface area contributed by atoms with Crippen LogP contribution in [-0.2, 0) is 25.7 Å². The minimum Gasteiger partial charge on any atom is -0.494 e. The largest absolute Gasteiger partial charge is 0.494 e. The Balaban J connectivity index is 1.47. The maximum Gasteiger partial charge on any atom is 0.249 e. The van der Waals surface area contributed by atoms with Crippen LogP contribution in [0.2, 0.25) is 0 Å². The summed E-state index contributed by atoms with van der Waals surface area (Å²) in [6.07, 6.45) is 3.74. The van der Waals surface area contributed by atoms with Crippen molar-refractivity contribution in [3.63, 3.8) is 0 Å². The molecule has 0 saturated carbocycles. The fraction of sp³-hybridized carbons (Fsp3) is 0.390. The fourth-order valence-electron chi connectivity index (χ4n) is 8.57. The molecule has 1 N–H and O–H groups in total. The van der Waals surface area contributed by atoms with Gasteiger partial charge in [0.25, 0.3) is 0 Å². The molecule has 3 aliphatic rings. The molecule has 6 rings (SSSR count). The first kappa shape index (κ1) is 35.1. The molecule has 0 radical (unpaired) electrons. The maximum absolute atomic E-state index is 15.1. The molecule has 9 heteroatoms. The lowest BCUT2D eigenvalue weighted by Gasteiger charge is -2.39. The summed E-state index contributed by atoms with van der Waals surface area (Å²) in [6.45, 7) is 14.5. The van der Waals surface area contributed by atoms with Crippen LogP contribution in [0, 0.1) is 17.8 Å². The molecule has 2 bridgehead atoms. The van der Waals surface area contributed by atoms with Crippen molar-refractivity contribution in [2.45, 2.75) is 57.0 Å². The number of hydrogen-bond acceptors (Lipinski definition) is 6. The van der Waals surface area contributed by atoms with E-state index in [1.807, 2.05) is 106 Å². The average Bonchev–Trinajstić information content (AvgIpc) is 3.64. The predicted octanol–water partition coefficient (Wildman–Crippen LogP) is 5.56. The van der Waals surface area contributed by atoms with Crippen LogP contribution < -0.4 is 9.64 Å². The topological polar surface area (TPSA) is 99.6 Å². The summed E-state index contributed by atoms with van der Waals surface area (Å²) in [5.41, 5.74) is -0.0831. The van der Waals surface area contributed by atoms with Gasteiger partial charge in [-0.1, -0.05) is 79.7 Å². The van der Waals surface area contributed by atoms with Gasteiger partial charge in [0.05, 0.1) is 36.7 Å². The normalized spacial score (nSPS) is 27.0. The lowest BCUT2D eigenvalue weighted by atomic mass is 9.62. The molecule has 0 aliphatic carbocycles. The van der Waals surface area contributed by atoms with Gasteiger partial charge >= 0.3 is 0 Å². The molecule has 1 spiro atoms. The zero-order valence-electron chi connectivity index (χ0n) is 29.1. The van der Waals surface area contributed by atoms with Crippen molar-refractivity contribution >= 4 is 23.4 Å². The Bertz CT molecular complexity index is 1720. The Hall–Kier alpha value is -4.73. The standard InChI is InChI=1S/C41H47N3O6/c1-6-23-42(26-29-15-11-9-12-16-29)39(48)36-41-25-28(4)40(5,50-41)34(35(41)38(47)44(36)33(27-45)30-17-13-10-14-18-30)37(46)43(24-7-2)31-19-21-32(22-20-31)49-8-3/h6-7,9-22,28,33-36,45H,1-2,8,23-27H2,3-5H3/t28?,33-,34-,35+,36?,40+,41?/m1/s1. The summed E-state index contributed by atoms with van der Waals surface area (Å²) in [5.74, 6) is -2.29. The third kappa shape index (κ3) is 5.82. The van der Waals surface area contributed by atoms with Crippen LogP contribution in [0.25, 0.3) is 0 Å². The van der Waals surface area contributed by atoms with E-state index >= 15 is 9.59 Å². The molecule has 3 saturated heterocycles. The smallest absolute Gasteiger partial charge is 0.249 e. The summed E-state index contributed by atoms with van der Waals surface area (Å²) in [5, 5.41) is 10.9. The minimum atomic E-state index is -1.31. The molecular weight excluding hydrogens is 630 g/mol. The molecule has 7 atom stereocenters. The molecule has 3 aromatic rings. The first-order valence-electron chi connectivity index (χ1n) is 17.4. The quantitative estimate of drug-likeness (QED) is 0.224. The lowest BCUT2D eigenvalue weighted by Crippen LogP contribution is -2.57. The van der Waals surface area contributed by atoms with Crippen LogP contribution in [0.15, 0.2) is 110 Å². The number of benzene rings is 3. The molecule has 3 fully saturated rings. The number of fused-ring (bicyclic) bond motifs is 1. The van der Waals surface area contributed by atoms with Crippen molar-refractivity contribution in [2.75, 3.05) is 31.2 Å². The molecule has 3 amide bonds. The van der Waals surface area contributed by atoms with Crippen molar-refractivity contribution < 1.29 is 29.0 Å².